The number of carbonyl (C=O) groups excluding carboxylic acids is 1. The summed E-state index contributed by atoms with van der Waals surface area (Å²) in [4.78, 5) is 11.3. The summed E-state index contributed by atoms with van der Waals surface area (Å²) in [6.45, 7) is 12.3. The van der Waals surface area contributed by atoms with Gasteiger partial charge in [-0.3, -0.25) is 10.1 Å². The van der Waals surface area contributed by atoms with Crippen molar-refractivity contribution in [2.45, 2.75) is 33.9 Å². The van der Waals surface area contributed by atoms with Crippen LogP contribution in [0.3, 0.4) is 0 Å². The SMILES string of the molecule is C=C(C)C(=O)NC(NCC)C(C)C. The van der Waals surface area contributed by atoms with Gasteiger partial charge in [-0.2, -0.15) is 0 Å². The van der Waals surface area contributed by atoms with Crippen LogP contribution in [0.5, 0.6) is 0 Å². The molecule has 1 unspecified atom stereocenters. The first kappa shape index (κ1) is 12.2. The second-order valence-electron chi connectivity index (χ2n) is 3.53. The fourth-order valence-electron chi connectivity index (χ4n) is 0.938. The van der Waals surface area contributed by atoms with E-state index < -0.39 is 0 Å². The maximum Gasteiger partial charge on any atom is 0.247 e. The van der Waals surface area contributed by atoms with Crippen LogP contribution in [0.4, 0.5) is 0 Å². The Hall–Kier alpha value is -0.830. The van der Waals surface area contributed by atoms with Crippen molar-refractivity contribution >= 4 is 5.91 Å². The summed E-state index contributed by atoms with van der Waals surface area (Å²) >= 11 is 0. The fourth-order valence-corrected chi connectivity index (χ4v) is 0.938. The monoisotopic (exact) mass is 184 g/mol. The molecule has 0 aromatic rings. The number of amides is 1. The topological polar surface area (TPSA) is 41.1 Å². The Morgan fingerprint density at radius 3 is 2.31 bits per heavy atom. The lowest BCUT2D eigenvalue weighted by atomic mass is 10.1. The summed E-state index contributed by atoms with van der Waals surface area (Å²) in [6, 6.07) is 0. The first-order chi connectivity index (χ1) is 5.99. The highest BCUT2D eigenvalue weighted by Gasteiger charge is 2.14. The molecule has 3 nitrogen and oxygen atoms in total. The zero-order valence-electron chi connectivity index (χ0n) is 8.98. The molecule has 0 heterocycles. The minimum Gasteiger partial charge on any atom is -0.337 e. The predicted octanol–water partition coefficient (Wildman–Crippen LogP) is 1.27. The molecule has 0 aliphatic carbocycles. The summed E-state index contributed by atoms with van der Waals surface area (Å²) in [5, 5.41) is 6.06. The molecule has 0 saturated carbocycles. The van der Waals surface area contributed by atoms with Crippen LogP contribution in [-0.2, 0) is 4.79 Å². The molecule has 1 amide bonds. The van der Waals surface area contributed by atoms with Crippen LogP contribution >= 0.6 is 0 Å². The Morgan fingerprint density at radius 1 is 1.46 bits per heavy atom. The summed E-state index contributed by atoms with van der Waals surface area (Å²) in [7, 11) is 0. The van der Waals surface area contributed by atoms with Crippen LogP contribution in [0.1, 0.15) is 27.7 Å². The molecule has 0 aromatic heterocycles. The van der Waals surface area contributed by atoms with Gasteiger partial charge in [-0.15, -0.1) is 0 Å². The van der Waals surface area contributed by atoms with E-state index >= 15 is 0 Å². The Morgan fingerprint density at radius 2 is 2.00 bits per heavy atom. The largest absolute Gasteiger partial charge is 0.337 e. The molecular weight excluding hydrogens is 164 g/mol. The van der Waals surface area contributed by atoms with Crippen LogP contribution in [0.25, 0.3) is 0 Å². The molecule has 0 aliphatic rings. The van der Waals surface area contributed by atoms with Gasteiger partial charge in [0.05, 0.1) is 6.17 Å². The van der Waals surface area contributed by atoms with E-state index in [0.29, 0.717) is 11.5 Å². The average molecular weight is 184 g/mol. The molecule has 3 heteroatoms. The van der Waals surface area contributed by atoms with Gasteiger partial charge in [0.2, 0.25) is 5.91 Å². The molecular formula is C10H20N2O. The molecule has 13 heavy (non-hydrogen) atoms. The van der Waals surface area contributed by atoms with E-state index in [2.05, 4.69) is 31.1 Å². The maximum absolute atomic E-state index is 11.3. The Balaban J connectivity index is 4.09. The standard InChI is InChI=1S/C10H20N2O/c1-6-11-9(7(2)3)12-10(13)8(4)5/h7,9,11H,4,6H2,1-3,5H3,(H,12,13). The Bertz CT molecular complexity index is 187. The zero-order chi connectivity index (χ0) is 10.4. The lowest BCUT2D eigenvalue weighted by Crippen LogP contribution is -2.48. The second-order valence-corrected chi connectivity index (χ2v) is 3.53. The first-order valence-corrected chi connectivity index (χ1v) is 4.68. The molecule has 0 spiro atoms. The van der Waals surface area contributed by atoms with Gasteiger partial charge in [0.25, 0.3) is 0 Å². The first-order valence-electron chi connectivity index (χ1n) is 4.68. The van der Waals surface area contributed by atoms with Gasteiger partial charge in [-0.1, -0.05) is 27.4 Å². The molecule has 0 bridgehead atoms. The number of carbonyl (C=O) groups is 1. The third kappa shape index (κ3) is 4.68. The van der Waals surface area contributed by atoms with Crippen LogP contribution < -0.4 is 10.6 Å². The normalized spacial score (nSPS) is 12.7. The van der Waals surface area contributed by atoms with Gasteiger partial charge in [0.15, 0.2) is 0 Å². The second kappa shape index (κ2) is 5.75. The van der Waals surface area contributed by atoms with Crippen molar-refractivity contribution in [2.24, 2.45) is 5.92 Å². The third-order valence-corrected chi connectivity index (χ3v) is 1.76. The van der Waals surface area contributed by atoms with Crippen molar-refractivity contribution in [2.75, 3.05) is 6.54 Å². The summed E-state index contributed by atoms with van der Waals surface area (Å²) in [5.74, 6) is 0.294. The van der Waals surface area contributed by atoms with E-state index in [1.807, 2.05) is 6.92 Å². The molecule has 0 rings (SSSR count). The van der Waals surface area contributed by atoms with Crippen molar-refractivity contribution in [3.05, 3.63) is 12.2 Å². The highest BCUT2D eigenvalue weighted by atomic mass is 16.1. The van der Waals surface area contributed by atoms with Crippen molar-refractivity contribution in [3.63, 3.8) is 0 Å². The van der Waals surface area contributed by atoms with Crippen molar-refractivity contribution in [1.29, 1.82) is 0 Å². The minimum atomic E-state index is -0.0837. The summed E-state index contributed by atoms with van der Waals surface area (Å²) in [5.41, 5.74) is 0.545. The van der Waals surface area contributed by atoms with Crippen molar-refractivity contribution < 1.29 is 4.79 Å². The lowest BCUT2D eigenvalue weighted by molar-refractivity contribution is -0.118. The van der Waals surface area contributed by atoms with E-state index in [1.54, 1.807) is 6.92 Å². The van der Waals surface area contributed by atoms with Crippen LogP contribution in [0.2, 0.25) is 0 Å². The molecule has 0 fully saturated rings. The van der Waals surface area contributed by atoms with E-state index in [-0.39, 0.29) is 12.1 Å². The quantitative estimate of drug-likeness (QED) is 0.499. The highest BCUT2D eigenvalue weighted by Crippen LogP contribution is 1.99. The predicted molar refractivity (Wildman–Crippen MR) is 55.3 cm³/mol. The van der Waals surface area contributed by atoms with Crippen LogP contribution in [-0.4, -0.2) is 18.6 Å². The number of hydrogen-bond acceptors (Lipinski definition) is 2. The van der Waals surface area contributed by atoms with Crippen LogP contribution in [0.15, 0.2) is 12.2 Å². The van der Waals surface area contributed by atoms with Gasteiger partial charge >= 0.3 is 0 Å². The third-order valence-electron chi connectivity index (χ3n) is 1.76. The molecule has 0 saturated heterocycles. The fraction of sp³-hybridized carbons (Fsp3) is 0.700. The van der Waals surface area contributed by atoms with Gasteiger partial charge in [0.1, 0.15) is 0 Å². The smallest absolute Gasteiger partial charge is 0.247 e. The molecule has 76 valence electrons. The summed E-state index contributed by atoms with van der Waals surface area (Å²) in [6.07, 6.45) is 0.0363. The maximum atomic E-state index is 11.3. The molecule has 1 atom stereocenters. The number of hydrogen-bond donors (Lipinski definition) is 2. The molecule has 0 radical (unpaired) electrons. The molecule has 0 aliphatic heterocycles. The molecule has 2 N–H and O–H groups in total. The van der Waals surface area contributed by atoms with Gasteiger partial charge < -0.3 is 5.32 Å². The lowest BCUT2D eigenvalue weighted by Gasteiger charge is -2.23. The minimum absolute atomic E-state index is 0.0363. The van der Waals surface area contributed by atoms with Crippen molar-refractivity contribution in [1.82, 2.24) is 10.6 Å². The van der Waals surface area contributed by atoms with Crippen molar-refractivity contribution in [3.8, 4) is 0 Å². The van der Waals surface area contributed by atoms with Crippen LogP contribution in [0, 0.1) is 5.92 Å². The van der Waals surface area contributed by atoms with Gasteiger partial charge in [0, 0.05) is 5.57 Å². The highest BCUT2D eigenvalue weighted by molar-refractivity contribution is 5.92. The van der Waals surface area contributed by atoms with E-state index in [9.17, 15) is 4.79 Å². The van der Waals surface area contributed by atoms with E-state index in [4.69, 9.17) is 0 Å². The summed E-state index contributed by atoms with van der Waals surface area (Å²) < 4.78 is 0. The van der Waals surface area contributed by atoms with E-state index in [1.165, 1.54) is 0 Å². The Labute approximate surface area is 80.6 Å². The number of nitrogens with one attached hydrogen (secondary N) is 2. The number of rotatable bonds is 5. The Kier molecular flexibility index (Phi) is 5.39. The molecule has 0 aromatic carbocycles. The van der Waals surface area contributed by atoms with Gasteiger partial charge in [-0.25, -0.2) is 0 Å². The van der Waals surface area contributed by atoms with E-state index in [0.717, 1.165) is 6.54 Å². The zero-order valence-corrected chi connectivity index (χ0v) is 8.98. The van der Waals surface area contributed by atoms with Gasteiger partial charge in [-0.05, 0) is 19.4 Å². The average Bonchev–Trinajstić information content (AvgIpc) is 2.03.